The van der Waals surface area contributed by atoms with Crippen molar-refractivity contribution in [2.75, 3.05) is 20.4 Å². The number of fused-ring (bicyclic) bond motifs is 3. The van der Waals surface area contributed by atoms with Gasteiger partial charge in [0.25, 0.3) is 0 Å². The molecule has 2 aromatic rings. The van der Waals surface area contributed by atoms with Gasteiger partial charge in [0.2, 0.25) is 6.79 Å². The number of carbonyl (C=O) groups excluding carboxylic acids is 2. The van der Waals surface area contributed by atoms with E-state index in [-0.39, 0.29) is 24.5 Å². The highest BCUT2D eigenvalue weighted by atomic mass is 16.7. The second kappa shape index (κ2) is 6.85. The monoisotopic (exact) mass is 419 g/mol. The third-order valence-corrected chi connectivity index (χ3v) is 6.66. The first-order valence-electron chi connectivity index (χ1n) is 10.4. The van der Waals surface area contributed by atoms with E-state index in [0.717, 1.165) is 42.0 Å². The minimum atomic E-state index is -0.886. The van der Waals surface area contributed by atoms with E-state index in [2.05, 4.69) is 4.90 Å². The summed E-state index contributed by atoms with van der Waals surface area (Å²) >= 11 is 0. The average Bonchev–Trinajstić information content (AvgIpc) is 3.41. The molecule has 0 amide bonds. The van der Waals surface area contributed by atoms with Gasteiger partial charge in [-0.1, -0.05) is 0 Å². The van der Waals surface area contributed by atoms with Crippen LogP contribution in [0.4, 0.5) is 0 Å². The van der Waals surface area contributed by atoms with E-state index in [4.69, 9.17) is 18.9 Å². The molecule has 0 aromatic heterocycles. The van der Waals surface area contributed by atoms with Crippen molar-refractivity contribution in [3.05, 3.63) is 64.7 Å². The van der Waals surface area contributed by atoms with E-state index < -0.39 is 12.1 Å². The van der Waals surface area contributed by atoms with Crippen LogP contribution in [0.25, 0.3) is 0 Å². The molecule has 2 aromatic carbocycles. The Morgan fingerprint density at radius 2 is 1.90 bits per heavy atom. The lowest BCUT2D eigenvalue weighted by Gasteiger charge is -2.43. The summed E-state index contributed by atoms with van der Waals surface area (Å²) in [5.74, 6) is 1.10. The first kappa shape index (κ1) is 18.4. The predicted octanol–water partition coefficient (Wildman–Crippen LogP) is 2.83. The van der Waals surface area contributed by atoms with Gasteiger partial charge in [0, 0.05) is 25.0 Å². The topological polar surface area (TPSA) is 74.3 Å². The Labute approximate surface area is 179 Å². The van der Waals surface area contributed by atoms with E-state index >= 15 is 0 Å². The van der Waals surface area contributed by atoms with Crippen molar-refractivity contribution in [1.29, 1.82) is 0 Å². The highest BCUT2D eigenvalue weighted by Crippen LogP contribution is 2.49. The van der Waals surface area contributed by atoms with Crippen LogP contribution in [0.3, 0.4) is 0 Å². The maximum absolute atomic E-state index is 13.1. The van der Waals surface area contributed by atoms with Gasteiger partial charge in [-0.05, 0) is 65.6 Å². The van der Waals surface area contributed by atoms with Gasteiger partial charge in [0.05, 0.1) is 12.7 Å². The van der Waals surface area contributed by atoms with Crippen LogP contribution in [-0.2, 0) is 16.1 Å². The molecule has 31 heavy (non-hydrogen) atoms. The van der Waals surface area contributed by atoms with Crippen molar-refractivity contribution < 1.29 is 28.5 Å². The van der Waals surface area contributed by atoms with Gasteiger partial charge in [-0.3, -0.25) is 9.69 Å². The lowest BCUT2D eigenvalue weighted by atomic mass is 9.73. The molecule has 3 heterocycles. The zero-order valence-corrected chi connectivity index (χ0v) is 17.0. The Hall–Kier alpha value is -3.32. The molecule has 0 N–H and O–H groups in total. The number of nitrogens with zero attached hydrogens (tertiary/aromatic N) is 1. The van der Waals surface area contributed by atoms with E-state index in [9.17, 15) is 9.59 Å². The lowest BCUT2D eigenvalue weighted by molar-refractivity contribution is -0.126. The highest BCUT2D eigenvalue weighted by molar-refractivity contribution is 6.00. The van der Waals surface area contributed by atoms with Gasteiger partial charge in [-0.2, -0.15) is 0 Å². The molecule has 7 heteroatoms. The average molecular weight is 419 g/mol. The van der Waals surface area contributed by atoms with Gasteiger partial charge in [-0.15, -0.1) is 0 Å². The fraction of sp³-hybridized carbons (Fsp3) is 0.333. The molecule has 0 radical (unpaired) electrons. The summed E-state index contributed by atoms with van der Waals surface area (Å²) in [6.45, 7) is 1.85. The van der Waals surface area contributed by atoms with Crippen LogP contribution in [0.15, 0.2) is 48.0 Å². The fourth-order valence-corrected chi connectivity index (χ4v) is 5.24. The standard InChI is InChI=1S/C24H21NO6/c1-28-16-4-2-13(3-5-16)24(27)31-23-18(26)8-14-6-7-25-11-15-9-19-20(30-12-29-19)10-17(15)21(23)22(14)25/h2-5,8-10,21-23H,6-7,11-12H2,1H3/t21-,22?,23+/m0/s1. The number of hydrogen-bond acceptors (Lipinski definition) is 7. The Kier molecular flexibility index (Phi) is 4.08. The zero-order valence-electron chi connectivity index (χ0n) is 17.0. The molecule has 1 unspecified atom stereocenters. The maximum Gasteiger partial charge on any atom is 0.338 e. The van der Waals surface area contributed by atoms with Crippen LogP contribution in [0.2, 0.25) is 0 Å². The normalized spacial score (nSPS) is 25.5. The summed E-state index contributed by atoms with van der Waals surface area (Å²) in [5.41, 5.74) is 3.59. The zero-order chi connectivity index (χ0) is 21.1. The first-order valence-corrected chi connectivity index (χ1v) is 10.4. The summed E-state index contributed by atoms with van der Waals surface area (Å²) in [5, 5.41) is 0. The van der Waals surface area contributed by atoms with Crippen molar-refractivity contribution in [3.8, 4) is 17.2 Å². The minimum absolute atomic E-state index is 0.0549. The van der Waals surface area contributed by atoms with Crippen molar-refractivity contribution >= 4 is 11.8 Å². The van der Waals surface area contributed by atoms with E-state index in [0.29, 0.717) is 17.1 Å². The van der Waals surface area contributed by atoms with Crippen LogP contribution in [0.1, 0.15) is 33.8 Å². The number of methoxy groups -OCH3 is 1. The first-order chi connectivity index (χ1) is 15.1. The van der Waals surface area contributed by atoms with Crippen LogP contribution in [0.5, 0.6) is 17.2 Å². The Morgan fingerprint density at radius 3 is 2.68 bits per heavy atom. The minimum Gasteiger partial charge on any atom is -0.497 e. The van der Waals surface area contributed by atoms with Crippen LogP contribution in [-0.4, -0.2) is 49.2 Å². The summed E-state index contributed by atoms with van der Waals surface area (Å²) in [7, 11) is 1.57. The Bertz CT molecular complexity index is 1120. The summed E-state index contributed by atoms with van der Waals surface area (Å²) in [6, 6.07) is 10.7. The predicted molar refractivity (Wildman–Crippen MR) is 109 cm³/mol. The third-order valence-electron chi connectivity index (χ3n) is 6.66. The SMILES string of the molecule is COc1ccc(C(=O)O[C@@H]2C(=O)C=C3CCN4Cc5cc6c(cc5[C@H]2C34)OCO6)cc1. The molecule has 1 aliphatic carbocycles. The second-order valence-electron chi connectivity index (χ2n) is 8.27. The molecule has 158 valence electrons. The summed E-state index contributed by atoms with van der Waals surface area (Å²) in [6.07, 6.45) is 1.65. The summed E-state index contributed by atoms with van der Waals surface area (Å²) in [4.78, 5) is 28.4. The van der Waals surface area contributed by atoms with Crippen LogP contribution >= 0.6 is 0 Å². The van der Waals surface area contributed by atoms with Gasteiger partial charge in [0.1, 0.15) is 5.75 Å². The quantitative estimate of drug-likeness (QED) is 0.709. The lowest BCUT2D eigenvalue weighted by Crippen LogP contribution is -2.50. The molecule has 4 aliphatic rings. The molecule has 3 atom stereocenters. The van der Waals surface area contributed by atoms with Gasteiger partial charge in [0.15, 0.2) is 23.4 Å². The number of benzene rings is 2. The maximum atomic E-state index is 13.1. The summed E-state index contributed by atoms with van der Waals surface area (Å²) < 4.78 is 22.2. The Morgan fingerprint density at radius 1 is 1.13 bits per heavy atom. The van der Waals surface area contributed by atoms with Crippen LogP contribution < -0.4 is 14.2 Å². The van der Waals surface area contributed by atoms with Crippen molar-refractivity contribution in [2.24, 2.45) is 0 Å². The highest BCUT2D eigenvalue weighted by Gasteiger charge is 2.51. The smallest absolute Gasteiger partial charge is 0.338 e. The van der Waals surface area contributed by atoms with Gasteiger partial charge in [-0.25, -0.2) is 4.79 Å². The number of ketones is 1. The molecule has 0 bridgehead atoms. The molecule has 0 saturated carbocycles. The van der Waals surface area contributed by atoms with Crippen molar-refractivity contribution in [1.82, 2.24) is 4.90 Å². The van der Waals surface area contributed by atoms with E-state index in [1.807, 2.05) is 12.1 Å². The van der Waals surface area contributed by atoms with Crippen molar-refractivity contribution in [2.45, 2.75) is 31.0 Å². The molecule has 1 saturated heterocycles. The Balaban J connectivity index is 1.39. The molecule has 6 rings (SSSR count). The molecule has 1 fully saturated rings. The van der Waals surface area contributed by atoms with Crippen LogP contribution in [0, 0.1) is 0 Å². The van der Waals surface area contributed by atoms with Gasteiger partial charge >= 0.3 is 5.97 Å². The largest absolute Gasteiger partial charge is 0.497 e. The molecule has 3 aliphatic heterocycles. The number of carbonyl (C=O) groups is 2. The number of esters is 1. The number of ether oxygens (including phenoxy) is 4. The molecule has 7 nitrogen and oxygen atoms in total. The fourth-order valence-electron chi connectivity index (χ4n) is 5.24. The van der Waals surface area contributed by atoms with E-state index in [1.54, 1.807) is 37.5 Å². The number of rotatable bonds is 3. The van der Waals surface area contributed by atoms with Gasteiger partial charge < -0.3 is 18.9 Å². The number of hydrogen-bond donors (Lipinski definition) is 0. The second-order valence-corrected chi connectivity index (χ2v) is 8.27. The molecular weight excluding hydrogens is 398 g/mol. The van der Waals surface area contributed by atoms with Crippen molar-refractivity contribution in [3.63, 3.8) is 0 Å². The molecular formula is C24H21NO6. The van der Waals surface area contributed by atoms with E-state index in [1.165, 1.54) is 0 Å². The molecule has 0 spiro atoms. The third kappa shape index (κ3) is 2.84.